The van der Waals surface area contributed by atoms with E-state index in [-0.39, 0.29) is 17.9 Å². The Hall–Kier alpha value is -0.920. The largest absolute Gasteiger partial charge is 0.591 e. The minimum atomic E-state index is -1.70. The van der Waals surface area contributed by atoms with Gasteiger partial charge in [0.2, 0.25) is 5.71 Å². The maximum absolute atomic E-state index is 14.0. The van der Waals surface area contributed by atoms with E-state index in [2.05, 4.69) is 20.3 Å². The maximum atomic E-state index is 14.0. The first-order valence-corrected chi connectivity index (χ1v) is 8.20. The number of halogens is 2. The fraction of sp³-hybridized carbons (Fsp3) is 0.429. The molecule has 21 heavy (non-hydrogen) atoms. The highest BCUT2D eigenvalue weighted by Crippen LogP contribution is 2.21. The van der Waals surface area contributed by atoms with E-state index in [0.29, 0.717) is 4.47 Å². The Kier molecular flexibility index (Phi) is 6.37. The molecule has 7 heteroatoms. The van der Waals surface area contributed by atoms with Crippen molar-refractivity contribution in [3.8, 4) is 0 Å². The Bertz CT molecular complexity index is 558. The number of esters is 1. The van der Waals surface area contributed by atoms with E-state index in [1.807, 2.05) is 0 Å². The minimum Gasteiger partial charge on any atom is -0.591 e. The molecule has 0 aliphatic heterocycles. The Labute approximate surface area is 135 Å². The smallest absolute Gasteiger partial charge is 0.362 e. The molecule has 0 N–H and O–H groups in total. The number of nitrogens with zero attached hydrogens (tertiary/aromatic N) is 1. The summed E-state index contributed by atoms with van der Waals surface area (Å²) in [5.41, 5.74) is -0.315. The van der Waals surface area contributed by atoms with Crippen molar-refractivity contribution >= 4 is 39.0 Å². The van der Waals surface area contributed by atoms with E-state index in [1.54, 1.807) is 27.7 Å². The molecule has 1 aromatic rings. The lowest BCUT2D eigenvalue weighted by atomic mass is 10.1. The molecule has 4 nitrogen and oxygen atoms in total. The van der Waals surface area contributed by atoms with Gasteiger partial charge in [0.05, 0.1) is 6.61 Å². The van der Waals surface area contributed by atoms with Gasteiger partial charge in [0.1, 0.15) is 21.9 Å². The SMILES string of the molecule is CCOC(=O)/C(=N\[S@@+]([O-])C(C)(C)C)c1cc(Br)ccc1F. The summed E-state index contributed by atoms with van der Waals surface area (Å²) in [4.78, 5) is 12.0. The Morgan fingerprint density at radius 1 is 1.48 bits per heavy atom. The standard InChI is InChI=1S/C14H17BrFNO3S/c1-5-20-13(18)12(17-21(19)14(2,3)4)10-8-9(15)6-7-11(10)16/h6-8H,5H2,1-4H3/b17-12-/t21-/m0/s1. The molecule has 0 aliphatic carbocycles. The molecule has 1 aromatic carbocycles. The summed E-state index contributed by atoms with van der Waals surface area (Å²) in [7, 11) is 0. The first-order chi connectivity index (χ1) is 9.66. The summed E-state index contributed by atoms with van der Waals surface area (Å²) in [5.74, 6) is -1.43. The number of hydrogen-bond acceptors (Lipinski definition) is 4. The van der Waals surface area contributed by atoms with Gasteiger partial charge in [0, 0.05) is 10.0 Å². The van der Waals surface area contributed by atoms with Crippen LogP contribution in [0.15, 0.2) is 27.1 Å². The molecule has 0 saturated carbocycles. The molecule has 0 saturated heterocycles. The highest BCUT2D eigenvalue weighted by atomic mass is 79.9. The predicted molar refractivity (Wildman–Crippen MR) is 85.2 cm³/mol. The molecule has 116 valence electrons. The van der Waals surface area contributed by atoms with E-state index >= 15 is 0 Å². The van der Waals surface area contributed by atoms with Gasteiger partial charge in [-0.15, -0.1) is 0 Å². The second-order valence-corrected chi connectivity index (χ2v) is 7.97. The lowest BCUT2D eigenvalue weighted by Gasteiger charge is -2.19. The van der Waals surface area contributed by atoms with Crippen LogP contribution in [0.25, 0.3) is 0 Å². The zero-order valence-electron chi connectivity index (χ0n) is 12.3. The molecule has 0 bridgehead atoms. The number of benzene rings is 1. The summed E-state index contributed by atoms with van der Waals surface area (Å²) < 4.78 is 34.8. The van der Waals surface area contributed by atoms with Crippen LogP contribution in [0.4, 0.5) is 4.39 Å². The first kappa shape index (κ1) is 18.1. The van der Waals surface area contributed by atoms with Crippen molar-refractivity contribution in [1.29, 1.82) is 0 Å². The minimum absolute atomic E-state index is 0.0413. The monoisotopic (exact) mass is 377 g/mol. The summed E-state index contributed by atoms with van der Waals surface area (Å²) in [6, 6.07) is 4.11. The van der Waals surface area contributed by atoms with Crippen LogP contribution in [0.3, 0.4) is 0 Å². The van der Waals surface area contributed by atoms with Gasteiger partial charge in [-0.1, -0.05) is 20.3 Å². The van der Waals surface area contributed by atoms with Crippen LogP contribution in [-0.4, -0.2) is 27.6 Å². The Balaban J connectivity index is 3.35. The molecule has 0 spiro atoms. The summed E-state index contributed by atoms with van der Waals surface area (Å²) >= 11 is 1.51. The van der Waals surface area contributed by atoms with Crippen LogP contribution < -0.4 is 0 Å². The van der Waals surface area contributed by atoms with Gasteiger partial charge in [0.15, 0.2) is 0 Å². The fourth-order valence-electron chi connectivity index (χ4n) is 1.29. The average molecular weight is 378 g/mol. The average Bonchev–Trinajstić information content (AvgIpc) is 2.38. The van der Waals surface area contributed by atoms with Crippen LogP contribution in [0.2, 0.25) is 0 Å². The molecule has 0 aromatic heterocycles. The summed E-state index contributed by atoms with van der Waals surface area (Å²) in [5, 5.41) is 0. The second-order valence-electron chi connectivity index (χ2n) is 5.15. The number of carbonyl (C=O) groups excluding carboxylic acids is 1. The number of hydrogen-bond donors (Lipinski definition) is 0. The van der Waals surface area contributed by atoms with Gasteiger partial charge in [0.25, 0.3) is 0 Å². The number of carbonyl (C=O) groups is 1. The molecule has 0 amide bonds. The third kappa shape index (κ3) is 5.09. The summed E-state index contributed by atoms with van der Waals surface area (Å²) in [6.07, 6.45) is 0. The zero-order valence-corrected chi connectivity index (χ0v) is 14.7. The van der Waals surface area contributed by atoms with Crippen LogP contribution in [0.5, 0.6) is 0 Å². The second kappa shape index (κ2) is 7.38. The van der Waals surface area contributed by atoms with Crippen LogP contribution in [0.1, 0.15) is 33.3 Å². The molecular formula is C14H17BrFNO3S. The maximum Gasteiger partial charge on any atom is 0.362 e. The summed E-state index contributed by atoms with van der Waals surface area (Å²) in [6.45, 7) is 6.90. The van der Waals surface area contributed by atoms with Crippen molar-refractivity contribution in [1.82, 2.24) is 0 Å². The first-order valence-electron chi connectivity index (χ1n) is 6.30. The van der Waals surface area contributed by atoms with Crippen molar-refractivity contribution in [3.05, 3.63) is 34.1 Å². The molecule has 0 radical (unpaired) electrons. The van der Waals surface area contributed by atoms with Crippen LogP contribution in [0, 0.1) is 5.82 Å². The van der Waals surface area contributed by atoms with Crippen molar-refractivity contribution in [2.45, 2.75) is 32.4 Å². The van der Waals surface area contributed by atoms with Gasteiger partial charge in [-0.2, -0.15) is 0 Å². The van der Waals surface area contributed by atoms with Gasteiger partial charge in [-0.25, -0.2) is 9.18 Å². The predicted octanol–water partition coefficient (Wildman–Crippen LogP) is 3.40. The van der Waals surface area contributed by atoms with E-state index in [4.69, 9.17) is 4.74 Å². The third-order valence-electron chi connectivity index (χ3n) is 2.35. The lowest BCUT2D eigenvalue weighted by Crippen LogP contribution is -2.29. The van der Waals surface area contributed by atoms with Gasteiger partial charge < -0.3 is 9.29 Å². The Morgan fingerprint density at radius 2 is 2.10 bits per heavy atom. The molecule has 0 aliphatic rings. The molecule has 1 atom stereocenters. The highest BCUT2D eigenvalue weighted by molar-refractivity contribution is 9.10. The van der Waals surface area contributed by atoms with Gasteiger partial charge in [-0.3, -0.25) is 0 Å². The Morgan fingerprint density at radius 3 is 2.62 bits per heavy atom. The van der Waals surface area contributed by atoms with Crippen molar-refractivity contribution < 1.29 is 18.5 Å². The molecule has 0 unspecified atom stereocenters. The van der Waals surface area contributed by atoms with E-state index in [9.17, 15) is 13.7 Å². The highest BCUT2D eigenvalue weighted by Gasteiger charge is 2.31. The topological polar surface area (TPSA) is 61.7 Å². The van der Waals surface area contributed by atoms with Crippen LogP contribution >= 0.6 is 15.9 Å². The quantitative estimate of drug-likeness (QED) is 0.458. The normalized spacial score (nSPS) is 14.0. The number of rotatable bonds is 4. The van der Waals surface area contributed by atoms with E-state index < -0.39 is 27.9 Å². The zero-order chi connectivity index (χ0) is 16.2. The molecular weight excluding hydrogens is 361 g/mol. The van der Waals surface area contributed by atoms with Crippen molar-refractivity contribution in [2.24, 2.45) is 4.40 Å². The fourth-order valence-corrected chi connectivity index (χ4v) is 2.27. The molecule has 0 heterocycles. The van der Waals surface area contributed by atoms with Gasteiger partial charge >= 0.3 is 5.97 Å². The third-order valence-corrected chi connectivity index (χ3v) is 4.24. The molecule has 1 rings (SSSR count). The van der Waals surface area contributed by atoms with E-state index in [1.165, 1.54) is 18.2 Å². The lowest BCUT2D eigenvalue weighted by molar-refractivity contribution is -0.134. The molecule has 0 fully saturated rings. The number of ether oxygens (including phenoxy) is 1. The van der Waals surface area contributed by atoms with E-state index in [0.717, 1.165) is 0 Å². The van der Waals surface area contributed by atoms with Crippen molar-refractivity contribution in [3.63, 3.8) is 0 Å². The van der Waals surface area contributed by atoms with Crippen LogP contribution in [-0.2, 0) is 20.9 Å². The van der Waals surface area contributed by atoms with Crippen molar-refractivity contribution in [2.75, 3.05) is 6.61 Å². The van der Waals surface area contributed by atoms with Gasteiger partial charge in [-0.05, 0) is 45.9 Å².